The van der Waals surface area contributed by atoms with Crippen molar-refractivity contribution in [1.29, 1.82) is 0 Å². The monoisotopic (exact) mass is 352 g/mol. The maximum atomic E-state index is 12.4. The largest absolute Gasteiger partial charge is 0.355 e. The van der Waals surface area contributed by atoms with Crippen LogP contribution in [0.4, 0.5) is 0 Å². The number of likely N-dealkylation sites (N-methyl/N-ethyl adjacent to an activating group) is 1. The molecule has 0 aliphatic heterocycles. The summed E-state index contributed by atoms with van der Waals surface area (Å²) >= 11 is 0. The average molecular weight is 353 g/mol. The minimum atomic E-state index is -0.192. The molecule has 2 aromatic carbocycles. The molecule has 26 heavy (non-hydrogen) atoms. The van der Waals surface area contributed by atoms with Gasteiger partial charge in [-0.3, -0.25) is 4.79 Å². The van der Waals surface area contributed by atoms with Crippen LogP contribution in [-0.2, 0) is 11.2 Å². The number of carbonyl (C=O) groups is 1. The van der Waals surface area contributed by atoms with E-state index < -0.39 is 0 Å². The first-order valence-electron chi connectivity index (χ1n) is 9.69. The molecule has 0 spiro atoms. The average Bonchev–Trinajstić information content (AvgIpc) is 2.66. The Morgan fingerprint density at radius 1 is 0.923 bits per heavy atom. The fourth-order valence-corrected chi connectivity index (χ4v) is 3.04. The van der Waals surface area contributed by atoms with Crippen LogP contribution in [0, 0.1) is 5.92 Å². The lowest BCUT2D eigenvalue weighted by molar-refractivity contribution is -0.123. The van der Waals surface area contributed by atoms with E-state index in [1.54, 1.807) is 0 Å². The summed E-state index contributed by atoms with van der Waals surface area (Å²) in [6.07, 6.45) is 4.14. The van der Waals surface area contributed by atoms with Gasteiger partial charge in [-0.15, -0.1) is 0 Å². The molecular formula is C23H32N2O. The van der Waals surface area contributed by atoms with Crippen molar-refractivity contribution in [2.75, 3.05) is 13.6 Å². The number of hydrogen-bond acceptors (Lipinski definition) is 2. The molecule has 3 nitrogen and oxygen atoms in total. The van der Waals surface area contributed by atoms with Gasteiger partial charge in [-0.2, -0.15) is 0 Å². The van der Waals surface area contributed by atoms with Crippen LogP contribution in [0.25, 0.3) is 11.1 Å². The molecule has 2 N–H and O–H groups in total. The lowest BCUT2D eigenvalue weighted by atomic mass is 10.0. The third-order valence-electron chi connectivity index (χ3n) is 4.67. The predicted molar refractivity (Wildman–Crippen MR) is 110 cm³/mol. The first kappa shape index (κ1) is 20.2. The lowest BCUT2D eigenvalue weighted by Gasteiger charge is -2.16. The van der Waals surface area contributed by atoms with Gasteiger partial charge in [0.1, 0.15) is 0 Å². The van der Waals surface area contributed by atoms with Crippen LogP contribution in [-0.4, -0.2) is 25.5 Å². The summed E-state index contributed by atoms with van der Waals surface area (Å²) in [5, 5.41) is 6.21. The topological polar surface area (TPSA) is 41.1 Å². The van der Waals surface area contributed by atoms with Crippen molar-refractivity contribution < 1.29 is 4.79 Å². The Labute approximate surface area is 158 Å². The minimum Gasteiger partial charge on any atom is -0.355 e. The number of rotatable bonds is 10. The highest BCUT2D eigenvalue weighted by Gasteiger charge is 2.16. The SMILES string of the molecule is CN[C@H](Cc1ccc(-c2ccccc2)cc1)C(=O)NCCCCC(C)C. The molecule has 3 heteroatoms. The first-order valence-corrected chi connectivity index (χ1v) is 9.69. The van der Waals surface area contributed by atoms with Gasteiger partial charge in [0.2, 0.25) is 5.91 Å². The van der Waals surface area contributed by atoms with E-state index in [0.717, 1.165) is 18.9 Å². The Kier molecular flexibility index (Phi) is 8.36. The van der Waals surface area contributed by atoms with Crippen LogP contribution in [0.15, 0.2) is 54.6 Å². The van der Waals surface area contributed by atoms with Gasteiger partial charge in [0.15, 0.2) is 0 Å². The maximum absolute atomic E-state index is 12.4. The molecule has 0 bridgehead atoms. The molecule has 0 unspecified atom stereocenters. The third kappa shape index (κ3) is 6.64. The van der Waals surface area contributed by atoms with E-state index in [0.29, 0.717) is 6.42 Å². The van der Waals surface area contributed by atoms with Crippen LogP contribution >= 0.6 is 0 Å². The van der Waals surface area contributed by atoms with Crippen LogP contribution in [0.2, 0.25) is 0 Å². The van der Waals surface area contributed by atoms with Gasteiger partial charge in [0, 0.05) is 6.54 Å². The number of amides is 1. The van der Waals surface area contributed by atoms with Crippen molar-refractivity contribution in [2.24, 2.45) is 5.92 Å². The molecule has 0 saturated heterocycles. The summed E-state index contributed by atoms with van der Waals surface area (Å²) in [4.78, 5) is 12.4. The fraction of sp³-hybridized carbons (Fsp3) is 0.435. The van der Waals surface area contributed by atoms with Gasteiger partial charge < -0.3 is 10.6 Å². The van der Waals surface area contributed by atoms with E-state index in [-0.39, 0.29) is 11.9 Å². The second-order valence-corrected chi connectivity index (χ2v) is 7.29. The third-order valence-corrected chi connectivity index (χ3v) is 4.67. The Balaban J connectivity index is 1.84. The molecule has 0 fully saturated rings. The van der Waals surface area contributed by atoms with E-state index in [9.17, 15) is 4.79 Å². The normalized spacial score (nSPS) is 12.2. The first-order chi connectivity index (χ1) is 12.6. The van der Waals surface area contributed by atoms with Crippen molar-refractivity contribution in [3.63, 3.8) is 0 Å². The number of nitrogens with one attached hydrogen (secondary N) is 2. The Bertz CT molecular complexity index is 650. The van der Waals surface area contributed by atoms with Crippen LogP contribution in [0.1, 0.15) is 38.7 Å². The molecule has 0 saturated carbocycles. The van der Waals surface area contributed by atoms with Gasteiger partial charge >= 0.3 is 0 Å². The summed E-state index contributed by atoms with van der Waals surface area (Å²) in [5.74, 6) is 0.818. The molecule has 1 atom stereocenters. The minimum absolute atomic E-state index is 0.0872. The predicted octanol–water partition coefficient (Wildman–Crippen LogP) is 4.43. The van der Waals surface area contributed by atoms with Crippen molar-refractivity contribution >= 4 is 5.91 Å². The highest BCUT2D eigenvalue weighted by Crippen LogP contribution is 2.19. The summed E-state index contributed by atoms with van der Waals surface area (Å²) < 4.78 is 0. The summed E-state index contributed by atoms with van der Waals surface area (Å²) in [6.45, 7) is 5.23. The maximum Gasteiger partial charge on any atom is 0.237 e. The molecule has 2 rings (SSSR count). The van der Waals surface area contributed by atoms with Gasteiger partial charge in [-0.25, -0.2) is 0 Å². The van der Waals surface area contributed by atoms with Crippen LogP contribution < -0.4 is 10.6 Å². The smallest absolute Gasteiger partial charge is 0.237 e. The Hall–Kier alpha value is -2.13. The second kappa shape index (κ2) is 10.8. The van der Waals surface area contributed by atoms with Crippen molar-refractivity contribution in [3.8, 4) is 11.1 Å². The highest BCUT2D eigenvalue weighted by atomic mass is 16.2. The Morgan fingerprint density at radius 3 is 2.19 bits per heavy atom. The van der Waals surface area contributed by atoms with E-state index in [2.05, 4.69) is 60.9 Å². The van der Waals surface area contributed by atoms with Gasteiger partial charge in [0.25, 0.3) is 0 Å². The zero-order valence-corrected chi connectivity index (χ0v) is 16.3. The number of unbranched alkanes of at least 4 members (excludes halogenated alkanes) is 1. The summed E-state index contributed by atoms with van der Waals surface area (Å²) in [5.41, 5.74) is 3.58. The van der Waals surface area contributed by atoms with Gasteiger partial charge in [-0.05, 0) is 42.5 Å². The molecular weight excluding hydrogens is 320 g/mol. The lowest BCUT2D eigenvalue weighted by Crippen LogP contribution is -2.44. The second-order valence-electron chi connectivity index (χ2n) is 7.29. The highest BCUT2D eigenvalue weighted by molar-refractivity contribution is 5.82. The number of hydrogen-bond donors (Lipinski definition) is 2. The zero-order chi connectivity index (χ0) is 18.8. The molecule has 140 valence electrons. The molecule has 0 aliphatic rings. The number of carbonyl (C=O) groups excluding carboxylic acids is 1. The molecule has 0 aromatic heterocycles. The zero-order valence-electron chi connectivity index (χ0n) is 16.3. The van der Waals surface area contributed by atoms with Crippen molar-refractivity contribution in [1.82, 2.24) is 10.6 Å². The molecule has 0 heterocycles. The summed E-state index contributed by atoms with van der Waals surface area (Å²) in [6, 6.07) is 18.6. The van der Waals surface area contributed by atoms with Crippen LogP contribution in [0.5, 0.6) is 0 Å². The fourth-order valence-electron chi connectivity index (χ4n) is 3.04. The van der Waals surface area contributed by atoms with E-state index in [1.807, 2.05) is 25.2 Å². The quantitative estimate of drug-likeness (QED) is 0.621. The van der Waals surface area contributed by atoms with E-state index in [1.165, 1.54) is 29.5 Å². The standard InChI is InChI=1S/C23H32N2O/c1-18(2)9-7-8-16-25-23(26)22(24-3)17-19-12-14-21(15-13-19)20-10-5-4-6-11-20/h4-6,10-15,18,22,24H,7-9,16-17H2,1-3H3,(H,25,26)/t22-/m1/s1. The van der Waals surface area contributed by atoms with Crippen LogP contribution in [0.3, 0.4) is 0 Å². The Morgan fingerprint density at radius 2 is 1.58 bits per heavy atom. The molecule has 2 aromatic rings. The van der Waals surface area contributed by atoms with Gasteiger partial charge in [0.05, 0.1) is 6.04 Å². The van der Waals surface area contributed by atoms with Gasteiger partial charge in [-0.1, -0.05) is 81.3 Å². The molecule has 1 amide bonds. The van der Waals surface area contributed by atoms with Crippen molar-refractivity contribution in [3.05, 3.63) is 60.2 Å². The van der Waals surface area contributed by atoms with Crippen molar-refractivity contribution in [2.45, 2.75) is 45.6 Å². The van der Waals surface area contributed by atoms with E-state index >= 15 is 0 Å². The summed E-state index contributed by atoms with van der Waals surface area (Å²) in [7, 11) is 1.85. The van der Waals surface area contributed by atoms with E-state index in [4.69, 9.17) is 0 Å². The number of benzene rings is 2. The molecule has 0 radical (unpaired) electrons. The molecule has 0 aliphatic carbocycles.